The van der Waals surface area contributed by atoms with Crippen molar-refractivity contribution in [2.75, 3.05) is 15.8 Å². The number of nitriles is 1. The molecule has 0 spiro atoms. The fourth-order valence-corrected chi connectivity index (χ4v) is 6.38. The normalized spacial score (nSPS) is 11.7. The molecule has 196 valence electrons. The van der Waals surface area contributed by atoms with Crippen LogP contribution in [0.3, 0.4) is 0 Å². The Labute approximate surface area is 226 Å². The van der Waals surface area contributed by atoms with E-state index in [1.807, 2.05) is 0 Å². The van der Waals surface area contributed by atoms with Crippen LogP contribution in [-0.2, 0) is 21.0 Å². The van der Waals surface area contributed by atoms with E-state index in [1.165, 1.54) is 35.6 Å². The van der Waals surface area contributed by atoms with Crippen LogP contribution >= 0.6 is 34.4 Å². The average molecular weight is 597 g/mol. The minimum Gasteiger partial charge on any atom is -0.325 e. The Morgan fingerprint density at radius 2 is 1.92 bits per heavy atom. The summed E-state index contributed by atoms with van der Waals surface area (Å²) in [5, 5.41) is 21.6. The Morgan fingerprint density at radius 1 is 1.18 bits per heavy atom. The first-order valence-corrected chi connectivity index (χ1v) is 14.5. The number of nitrogens with one attached hydrogen (secondary N) is 2. The van der Waals surface area contributed by atoms with Gasteiger partial charge in [0.2, 0.25) is 11.0 Å². The number of benzene rings is 1. The quantitative estimate of drug-likeness (QED) is 0.258. The maximum atomic E-state index is 13.6. The van der Waals surface area contributed by atoms with E-state index in [0.717, 1.165) is 17.4 Å². The van der Waals surface area contributed by atoms with E-state index in [-0.39, 0.29) is 32.2 Å². The largest absolute Gasteiger partial charge is 0.417 e. The number of carbonyl (C=O) groups excluding carboxylic acids is 1. The zero-order chi connectivity index (χ0) is 27.5. The van der Waals surface area contributed by atoms with Crippen LogP contribution in [0.25, 0.3) is 10.6 Å². The van der Waals surface area contributed by atoms with E-state index in [4.69, 9.17) is 0 Å². The number of anilines is 2. The number of alkyl halides is 3. The number of aryl methyl sites for hydroxylation is 1. The molecule has 16 heteroatoms. The summed E-state index contributed by atoms with van der Waals surface area (Å²) in [5.41, 5.74) is -1.49. The summed E-state index contributed by atoms with van der Waals surface area (Å²) >= 11 is 2.96. The van der Waals surface area contributed by atoms with Gasteiger partial charge in [-0.2, -0.15) is 18.4 Å². The number of hydrogen-bond donors (Lipinski definition) is 2. The highest BCUT2D eigenvalue weighted by Crippen LogP contribution is 2.38. The average Bonchev–Trinajstić information content (AvgIpc) is 3.53. The minimum atomic E-state index is -4.79. The molecule has 0 saturated heterocycles. The number of halogens is 3. The molecule has 2 N–H and O–H groups in total. The number of thioether (sulfide) groups is 1. The molecule has 4 aromatic rings. The molecule has 0 atom stereocenters. The fourth-order valence-electron chi connectivity index (χ4n) is 3.07. The molecule has 0 aliphatic carbocycles. The van der Waals surface area contributed by atoms with Crippen molar-refractivity contribution < 1.29 is 26.4 Å². The molecule has 0 fully saturated rings. The number of amides is 1. The predicted octanol–water partition coefficient (Wildman–Crippen LogP) is 5.39. The number of thiophene rings is 1. The highest BCUT2D eigenvalue weighted by Gasteiger charge is 2.36. The third-order valence-electron chi connectivity index (χ3n) is 4.71. The maximum absolute atomic E-state index is 13.6. The van der Waals surface area contributed by atoms with Crippen LogP contribution in [0.4, 0.5) is 24.0 Å². The molecule has 0 aliphatic heterocycles. The second-order valence-electron chi connectivity index (χ2n) is 7.42. The molecule has 0 unspecified atom stereocenters. The molecule has 0 saturated carbocycles. The number of rotatable bonds is 8. The van der Waals surface area contributed by atoms with Crippen molar-refractivity contribution in [2.24, 2.45) is 0 Å². The summed E-state index contributed by atoms with van der Waals surface area (Å²) in [5.74, 6) is -0.931. The molecule has 0 radical (unpaired) electrons. The summed E-state index contributed by atoms with van der Waals surface area (Å²) in [6, 6.07) is 10.9. The minimum absolute atomic E-state index is 0.0448. The van der Waals surface area contributed by atoms with E-state index >= 15 is 0 Å². The van der Waals surface area contributed by atoms with Gasteiger partial charge >= 0.3 is 6.18 Å². The number of hydrogen-bond acceptors (Lipinski definition) is 10. The third kappa shape index (κ3) is 6.48. The highest BCUT2D eigenvalue weighted by atomic mass is 32.2. The van der Waals surface area contributed by atoms with Gasteiger partial charge in [0.05, 0.1) is 32.3 Å². The number of nitrogens with zero attached hydrogens (tertiary/aromatic N) is 4. The Hall–Kier alpha value is -3.52. The zero-order valence-electron chi connectivity index (χ0n) is 19.1. The summed E-state index contributed by atoms with van der Waals surface area (Å²) < 4.78 is 68.2. The van der Waals surface area contributed by atoms with Crippen molar-refractivity contribution in [3.05, 3.63) is 64.0 Å². The third-order valence-corrected chi connectivity index (χ3v) is 8.82. The lowest BCUT2D eigenvalue weighted by Gasteiger charge is -2.13. The van der Waals surface area contributed by atoms with Crippen molar-refractivity contribution in [1.82, 2.24) is 15.2 Å². The standard InChI is InChI=1S/C22H15F3N6O3S4/c1-12-29-30-21(37-12)31-38(33,34)14-6-4-13(5-7-14)27-19(32)11-36-20-15(10-26)16(22(23,24)25)9-17(28-20)18-3-2-8-35-18/h2-9H,11H2,1H3,(H,27,32)(H,30,31). The molecule has 1 aromatic carbocycles. The van der Waals surface area contributed by atoms with Gasteiger partial charge in [-0.3, -0.25) is 9.52 Å². The first-order valence-electron chi connectivity index (χ1n) is 10.4. The van der Waals surface area contributed by atoms with Gasteiger partial charge in [0, 0.05) is 5.69 Å². The van der Waals surface area contributed by atoms with Crippen LogP contribution in [-0.4, -0.2) is 35.3 Å². The van der Waals surface area contributed by atoms with Gasteiger partial charge in [0.1, 0.15) is 16.1 Å². The highest BCUT2D eigenvalue weighted by molar-refractivity contribution is 8.00. The van der Waals surface area contributed by atoms with Crippen molar-refractivity contribution in [3.8, 4) is 16.6 Å². The van der Waals surface area contributed by atoms with Crippen molar-refractivity contribution >= 4 is 61.2 Å². The smallest absolute Gasteiger partial charge is 0.325 e. The lowest BCUT2D eigenvalue weighted by Crippen LogP contribution is -2.16. The van der Waals surface area contributed by atoms with Gasteiger partial charge in [-0.05, 0) is 48.7 Å². The maximum Gasteiger partial charge on any atom is 0.417 e. The van der Waals surface area contributed by atoms with Crippen molar-refractivity contribution in [3.63, 3.8) is 0 Å². The summed E-state index contributed by atoms with van der Waals surface area (Å²) in [6.45, 7) is 1.68. The Morgan fingerprint density at radius 3 is 2.50 bits per heavy atom. The summed E-state index contributed by atoms with van der Waals surface area (Å²) in [7, 11) is -3.93. The molecule has 1 amide bonds. The van der Waals surface area contributed by atoms with Crippen molar-refractivity contribution in [1.29, 1.82) is 5.26 Å². The van der Waals surface area contributed by atoms with Crippen molar-refractivity contribution in [2.45, 2.75) is 23.0 Å². The molecule has 0 aliphatic rings. The van der Waals surface area contributed by atoms with E-state index in [9.17, 15) is 31.6 Å². The van der Waals surface area contributed by atoms with E-state index < -0.39 is 33.2 Å². The topological polar surface area (TPSA) is 138 Å². The number of aromatic nitrogens is 3. The Bertz CT molecular complexity index is 1610. The van der Waals surface area contributed by atoms with Gasteiger partial charge in [0.25, 0.3) is 10.0 Å². The summed E-state index contributed by atoms with van der Waals surface area (Å²) in [6.07, 6.45) is -4.79. The molecule has 38 heavy (non-hydrogen) atoms. The second kappa shape index (κ2) is 11.1. The van der Waals surface area contributed by atoms with Gasteiger partial charge in [-0.15, -0.1) is 21.5 Å². The Balaban J connectivity index is 1.47. The van der Waals surface area contributed by atoms with E-state index in [1.54, 1.807) is 30.5 Å². The number of pyridine rings is 1. The molecule has 3 heterocycles. The molecular formula is C22H15F3N6O3S4. The van der Waals surface area contributed by atoms with Gasteiger partial charge < -0.3 is 5.32 Å². The first kappa shape index (κ1) is 27.5. The lowest BCUT2D eigenvalue weighted by molar-refractivity contribution is -0.138. The first-order chi connectivity index (χ1) is 18.0. The molecule has 3 aromatic heterocycles. The monoisotopic (exact) mass is 596 g/mol. The number of sulfonamides is 1. The van der Waals surface area contributed by atoms with Gasteiger partial charge in [-0.25, -0.2) is 13.4 Å². The Kier molecular flexibility index (Phi) is 8.02. The number of carbonyl (C=O) groups is 1. The van der Waals surface area contributed by atoms with Crippen LogP contribution in [0.15, 0.2) is 57.8 Å². The molecular weight excluding hydrogens is 582 g/mol. The zero-order valence-corrected chi connectivity index (χ0v) is 22.4. The fraction of sp³-hybridized carbons (Fsp3) is 0.136. The van der Waals surface area contributed by atoms with Crippen LogP contribution < -0.4 is 10.0 Å². The molecule has 0 bridgehead atoms. The summed E-state index contributed by atoms with van der Waals surface area (Å²) in [4.78, 5) is 17.1. The van der Waals surface area contributed by atoms with Crippen LogP contribution in [0, 0.1) is 18.3 Å². The van der Waals surface area contributed by atoms with Gasteiger partial charge in [-0.1, -0.05) is 29.2 Å². The lowest BCUT2D eigenvalue weighted by atomic mass is 10.1. The SMILES string of the molecule is Cc1nnc(NS(=O)(=O)c2ccc(NC(=O)CSc3nc(-c4cccs4)cc(C(F)(F)F)c3C#N)cc2)s1. The van der Waals surface area contributed by atoms with Crippen LogP contribution in [0.5, 0.6) is 0 Å². The van der Waals surface area contributed by atoms with E-state index in [0.29, 0.717) is 21.6 Å². The van der Waals surface area contributed by atoms with Crippen LogP contribution in [0.1, 0.15) is 16.1 Å². The van der Waals surface area contributed by atoms with Gasteiger partial charge in [0.15, 0.2) is 0 Å². The molecule has 4 rings (SSSR count). The van der Waals surface area contributed by atoms with Crippen LogP contribution in [0.2, 0.25) is 0 Å². The van der Waals surface area contributed by atoms with E-state index in [2.05, 4.69) is 25.2 Å². The predicted molar refractivity (Wildman–Crippen MR) is 139 cm³/mol. The molecule has 9 nitrogen and oxygen atoms in total. The second-order valence-corrected chi connectivity index (χ2v) is 12.2.